The van der Waals surface area contributed by atoms with E-state index in [1.54, 1.807) is 20.3 Å². The van der Waals surface area contributed by atoms with Crippen molar-refractivity contribution >= 4 is 17.4 Å². The predicted molar refractivity (Wildman–Crippen MR) is 74.4 cm³/mol. The zero-order chi connectivity index (χ0) is 13.7. The van der Waals surface area contributed by atoms with Crippen molar-refractivity contribution in [2.24, 2.45) is 5.41 Å². The number of rotatable bonds is 8. The first kappa shape index (κ1) is 14.5. The second kappa shape index (κ2) is 6.50. The van der Waals surface area contributed by atoms with E-state index in [4.69, 9.17) is 21.1 Å². The van der Waals surface area contributed by atoms with Gasteiger partial charge in [0, 0.05) is 33.4 Å². The van der Waals surface area contributed by atoms with Crippen molar-refractivity contribution in [3.8, 4) is 0 Å². The number of nitrogens with one attached hydrogen (secondary N) is 1. The molecule has 0 spiro atoms. The van der Waals surface area contributed by atoms with Crippen LogP contribution in [0.15, 0.2) is 6.07 Å². The standard InChI is InChI=1S/C13H20ClN3O2/c1-18-6-5-13(3-4-13)9-15-11-7-10(14)16-12(17-11)8-19-2/h7H,3-6,8-9H2,1-2H3,(H,15,16,17). The van der Waals surface area contributed by atoms with Crippen LogP contribution in [0.25, 0.3) is 0 Å². The van der Waals surface area contributed by atoms with E-state index in [1.807, 2.05) is 0 Å². The van der Waals surface area contributed by atoms with Crippen LogP contribution >= 0.6 is 11.6 Å². The summed E-state index contributed by atoms with van der Waals surface area (Å²) in [4.78, 5) is 8.47. The summed E-state index contributed by atoms with van der Waals surface area (Å²) < 4.78 is 10.2. The Balaban J connectivity index is 1.92. The minimum atomic E-state index is 0.365. The molecule has 0 saturated heterocycles. The average Bonchev–Trinajstić information content (AvgIpc) is 3.15. The molecule has 0 aromatic carbocycles. The highest BCUT2D eigenvalue weighted by Crippen LogP contribution is 2.48. The number of aromatic nitrogens is 2. The van der Waals surface area contributed by atoms with Crippen molar-refractivity contribution in [2.45, 2.75) is 25.9 Å². The molecule has 2 rings (SSSR count). The molecule has 0 bridgehead atoms. The summed E-state index contributed by atoms with van der Waals surface area (Å²) >= 11 is 5.97. The van der Waals surface area contributed by atoms with Crippen LogP contribution in [0.5, 0.6) is 0 Å². The Bertz CT molecular complexity index is 424. The number of hydrogen-bond acceptors (Lipinski definition) is 5. The van der Waals surface area contributed by atoms with Crippen molar-refractivity contribution in [3.05, 3.63) is 17.0 Å². The third-order valence-electron chi connectivity index (χ3n) is 3.45. The number of methoxy groups -OCH3 is 2. The third kappa shape index (κ3) is 4.30. The zero-order valence-corrected chi connectivity index (χ0v) is 12.2. The van der Waals surface area contributed by atoms with Crippen molar-refractivity contribution in [1.29, 1.82) is 0 Å². The summed E-state index contributed by atoms with van der Waals surface area (Å²) in [6.45, 7) is 2.07. The highest BCUT2D eigenvalue weighted by atomic mass is 35.5. The lowest BCUT2D eigenvalue weighted by atomic mass is 10.0. The van der Waals surface area contributed by atoms with Crippen LogP contribution in [0.4, 0.5) is 5.82 Å². The summed E-state index contributed by atoms with van der Waals surface area (Å²) in [5.41, 5.74) is 0.370. The maximum Gasteiger partial charge on any atom is 0.158 e. The molecule has 1 aromatic rings. The Morgan fingerprint density at radius 2 is 2.11 bits per heavy atom. The van der Waals surface area contributed by atoms with Gasteiger partial charge in [-0.3, -0.25) is 0 Å². The first-order valence-corrected chi connectivity index (χ1v) is 6.80. The third-order valence-corrected chi connectivity index (χ3v) is 3.65. The number of hydrogen-bond donors (Lipinski definition) is 1. The molecule has 0 radical (unpaired) electrons. The van der Waals surface area contributed by atoms with E-state index < -0.39 is 0 Å². The fourth-order valence-corrected chi connectivity index (χ4v) is 2.24. The van der Waals surface area contributed by atoms with E-state index in [0.29, 0.717) is 23.0 Å². The van der Waals surface area contributed by atoms with Gasteiger partial charge in [-0.25, -0.2) is 9.97 Å². The van der Waals surface area contributed by atoms with Crippen molar-refractivity contribution in [1.82, 2.24) is 9.97 Å². The highest BCUT2D eigenvalue weighted by Gasteiger charge is 2.41. The molecule has 0 atom stereocenters. The Morgan fingerprint density at radius 1 is 1.32 bits per heavy atom. The molecule has 0 amide bonds. The van der Waals surface area contributed by atoms with Crippen molar-refractivity contribution in [3.63, 3.8) is 0 Å². The summed E-state index contributed by atoms with van der Waals surface area (Å²) in [6, 6.07) is 1.74. The minimum absolute atomic E-state index is 0.365. The van der Waals surface area contributed by atoms with E-state index in [-0.39, 0.29) is 0 Å². The number of halogens is 1. The zero-order valence-electron chi connectivity index (χ0n) is 11.4. The first-order valence-electron chi connectivity index (χ1n) is 6.43. The molecule has 0 aliphatic heterocycles. The Kier molecular flexibility index (Phi) is 4.96. The predicted octanol–water partition coefficient (Wildman–Crippen LogP) is 2.51. The second-order valence-corrected chi connectivity index (χ2v) is 5.41. The van der Waals surface area contributed by atoms with Gasteiger partial charge in [-0.1, -0.05) is 11.6 Å². The SMILES string of the molecule is COCCC1(CNc2cc(Cl)nc(COC)n2)CC1. The minimum Gasteiger partial charge on any atom is -0.385 e. The van der Waals surface area contributed by atoms with Gasteiger partial charge < -0.3 is 14.8 Å². The van der Waals surface area contributed by atoms with E-state index in [9.17, 15) is 0 Å². The van der Waals surface area contributed by atoms with Gasteiger partial charge in [0.2, 0.25) is 0 Å². The lowest BCUT2D eigenvalue weighted by Crippen LogP contribution is -2.18. The average molecular weight is 286 g/mol. The van der Waals surface area contributed by atoms with Crippen LogP contribution in [-0.4, -0.2) is 37.3 Å². The Morgan fingerprint density at radius 3 is 2.74 bits per heavy atom. The molecule has 1 N–H and O–H groups in total. The van der Waals surface area contributed by atoms with Gasteiger partial charge in [0.1, 0.15) is 17.6 Å². The Hall–Kier alpha value is -0.910. The lowest BCUT2D eigenvalue weighted by Gasteiger charge is -2.16. The molecule has 1 heterocycles. The molecule has 1 aliphatic carbocycles. The van der Waals surface area contributed by atoms with Crippen LogP contribution in [-0.2, 0) is 16.1 Å². The van der Waals surface area contributed by atoms with Gasteiger partial charge in [-0.15, -0.1) is 0 Å². The van der Waals surface area contributed by atoms with Gasteiger partial charge in [-0.05, 0) is 24.7 Å². The normalized spacial score (nSPS) is 16.4. The van der Waals surface area contributed by atoms with Crippen LogP contribution in [0, 0.1) is 5.41 Å². The molecular formula is C13H20ClN3O2. The molecule has 6 heteroatoms. The summed E-state index contributed by atoms with van der Waals surface area (Å²) in [5.74, 6) is 1.36. The van der Waals surface area contributed by atoms with Crippen LogP contribution < -0.4 is 5.32 Å². The maximum atomic E-state index is 5.97. The molecule has 1 saturated carbocycles. The molecule has 1 fully saturated rings. The van der Waals surface area contributed by atoms with Gasteiger partial charge in [0.05, 0.1) is 0 Å². The first-order chi connectivity index (χ1) is 9.17. The quantitative estimate of drug-likeness (QED) is 0.744. The van der Waals surface area contributed by atoms with E-state index in [2.05, 4.69) is 15.3 Å². The fraction of sp³-hybridized carbons (Fsp3) is 0.692. The molecule has 19 heavy (non-hydrogen) atoms. The van der Waals surface area contributed by atoms with Gasteiger partial charge in [-0.2, -0.15) is 0 Å². The van der Waals surface area contributed by atoms with Crippen LogP contribution in [0.2, 0.25) is 5.15 Å². The van der Waals surface area contributed by atoms with Gasteiger partial charge in [0.15, 0.2) is 5.82 Å². The Labute approximate surface area is 118 Å². The molecular weight excluding hydrogens is 266 g/mol. The molecule has 0 unspecified atom stereocenters. The van der Waals surface area contributed by atoms with E-state index >= 15 is 0 Å². The van der Waals surface area contributed by atoms with Crippen molar-refractivity contribution in [2.75, 3.05) is 32.7 Å². The fourth-order valence-electron chi connectivity index (χ4n) is 2.04. The van der Waals surface area contributed by atoms with Crippen LogP contribution in [0.3, 0.4) is 0 Å². The summed E-state index contributed by atoms with van der Waals surface area (Å²) in [7, 11) is 3.35. The highest BCUT2D eigenvalue weighted by molar-refractivity contribution is 6.29. The van der Waals surface area contributed by atoms with E-state index in [0.717, 1.165) is 25.4 Å². The monoisotopic (exact) mass is 285 g/mol. The summed E-state index contributed by atoms with van der Waals surface area (Å²) in [6.07, 6.45) is 3.57. The van der Waals surface area contributed by atoms with Gasteiger partial charge in [0.25, 0.3) is 0 Å². The van der Waals surface area contributed by atoms with Crippen LogP contribution in [0.1, 0.15) is 25.1 Å². The van der Waals surface area contributed by atoms with E-state index in [1.165, 1.54) is 12.8 Å². The number of anilines is 1. The number of nitrogens with zero attached hydrogens (tertiary/aromatic N) is 2. The van der Waals surface area contributed by atoms with Crippen molar-refractivity contribution < 1.29 is 9.47 Å². The second-order valence-electron chi connectivity index (χ2n) is 5.02. The molecule has 1 aliphatic rings. The summed E-state index contributed by atoms with van der Waals surface area (Å²) in [5, 5.41) is 3.79. The lowest BCUT2D eigenvalue weighted by molar-refractivity contribution is 0.174. The molecule has 1 aromatic heterocycles. The maximum absolute atomic E-state index is 5.97. The molecule has 106 valence electrons. The topological polar surface area (TPSA) is 56.3 Å². The number of ether oxygens (including phenoxy) is 2. The largest absolute Gasteiger partial charge is 0.385 e. The van der Waals surface area contributed by atoms with Gasteiger partial charge >= 0.3 is 0 Å². The molecule has 5 nitrogen and oxygen atoms in total. The smallest absolute Gasteiger partial charge is 0.158 e.